The van der Waals surface area contributed by atoms with E-state index in [0.717, 1.165) is 11.3 Å². The molecule has 2 rings (SSSR count). The second-order valence-corrected chi connectivity index (χ2v) is 4.97. The number of halogens is 1. The molecule has 0 aliphatic rings. The molecule has 1 heterocycles. The summed E-state index contributed by atoms with van der Waals surface area (Å²) in [6.45, 7) is 2.10. The van der Waals surface area contributed by atoms with Gasteiger partial charge in [0.25, 0.3) is 0 Å². The van der Waals surface area contributed by atoms with E-state index in [0.29, 0.717) is 5.15 Å². The zero-order valence-electron chi connectivity index (χ0n) is 8.98. The lowest BCUT2D eigenvalue weighted by atomic mass is 10.2. The van der Waals surface area contributed by atoms with Crippen LogP contribution in [-0.2, 0) is 5.75 Å². The van der Waals surface area contributed by atoms with Crippen molar-refractivity contribution in [3.63, 3.8) is 0 Å². The van der Waals surface area contributed by atoms with Crippen molar-refractivity contribution in [2.75, 3.05) is 0 Å². The summed E-state index contributed by atoms with van der Waals surface area (Å²) >= 11 is 7.77. The van der Waals surface area contributed by atoms with Gasteiger partial charge in [-0.1, -0.05) is 35.4 Å². The van der Waals surface area contributed by atoms with Gasteiger partial charge in [0, 0.05) is 16.8 Å². The van der Waals surface area contributed by atoms with Crippen molar-refractivity contribution in [1.82, 2.24) is 4.98 Å². The Morgan fingerprint density at radius 3 is 2.88 bits per heavy atom. The van der Waals surface area contributed by atoms with Gasteiger partial charge in [0.05, 0.1) is 0 Å². The lowest BCUT2D eigenvalue weighted by molar-refractivity contribution is 1.25. The fraction of sp³-hybridized carbons (Fsp3) is 0.154. The van der Waals surface area contributed by atoms with Crippen molar-refractivity contribution in [2.45, 2.75) is 17.6 Å². The fourth-order valence-electron chi connectivity index (χ4n) is 1.39. The predicted octanol–water partition coefficient (Wildman–Crippen LogP) is 4.34. The number of aromatic nitrogens is 1. The van der Waals surface area contributed by atoms with Crippen molar-refractivity contribution < 1.29 is 0 Å². The van der Waals surface area contributed by atoms with Gasteiger partial charge >= 0.3 is 0 Å². The molecule has 1 aromatic heterocycles. The average Bonchev–Trinajstić information content (AvgIpc) is 2.28. The van der Waals surface area contributed by atoms with Crippen LogP contribution in [0.15, 0.2) is 47.5 Å². The summed E-state index contributed by atoms with van der Waals surface area (Å²) in [6, 6.07) is 12.4. The minimum atomic E-state index is 0.600. The average molecular weight is 250 g/mol. The van der Waals surface area contributed by atoms with Crippen LogP contribution in [0, 0.1) is 6.92 Å². The molecule has 1 nitrogen and oxygen atoms in total. The molecule has 0 spiro atoms. The van der Waals surface area contributed by atoms with Crippen molar-refractivity contribution in [3.05, 3.63) is 58.9 Å². The highest BCUT2D eigenvalue weighted by Gasteiger charge is 2.01. The standard InChI is InChI=1S/C13H12ClNS/c1-10-4-2-6-12(8-10)16-9-11-5-3-7-15-13(11)14/h2-8H,9H2,1H3. The Hall–Kier alpha value is -0.990. The zero-order chi connectivity index (χ0) is 11.4. The Labute approximate surface area is 105 Å². The summed E-state index contributed by atoms with van der Waals surface area (Å²) in [7, 11) is 0. The van der Waals surface area contributed by atoms with Gasteiger partial charge in [0.1, 0.15) is 5.15 Å². The first-order valence-corrected chi connectivity index (χ1v) is 6.41. The lowest BCUT2D eigenvalue weighted by Gasteiger charge is -2.04. The third-order valence-corrected chi connectivity index (χ3v) is 3.60. The Morgan fingerprint density at radius 1 is 1.25 bits per heavy atom. The molecule has 0 radical (unpaired) electrons. The van der Waals surface area contributed by atoms with E-state index < -0.39 is 0 Å². The minimum absolute atomic E-state index is 0.600. The SMILES string of the molecule is Cc1cccc(SCc2cccnc2Cl)c1. The normalized spacial score (nSPS) is 10.4. The number of hydrogen-bond donors (Lipinski definition) is 0. The Morgan fingerprint density at radius 2 is 2.12 bits per heavy atom. The van der Waals surface area contributed by atoms with E-state index in [1.165, 1.54) is 10.5 Å². The molecule has 0 fully saturated rings. The summed E-state index contributed by atoms with van der Waals surface area (Å²) in [5.41, 5.74) is 2.36. The summed E-state index contributed by atoms with van der Waals surface area (Å²) in [6.07, 6.45) is 1.71. The van der Waals surface area contributed by atoms with Gasteiger partial charge < -0.3 is 0 Å². The van der Waals surface area contributed by atoms with Gasteiger partial charge in [0.15, 0.2) is 0 Å². The topological polar surface area (TPSA) is 12.9 Å². The second-order valence-electron chi connectivity index (χ2n) is 3.56. The van der Waals surface area contributed by atoms with Gasteiger partial charge in [-0.3, -0.25) is 0 Å². The van der Waals surface area contributed by atoms with Crippen molar-refractivity contribution in [3.8, 4) is 0 Å². The molecule has 0 amide bonds. The quantitative estimate of drug-likeness (QED) is 0.593. The first kappa shape index (κ1) is 11.5. The minimum Gasteiger partial charge on any atom is -0.244 e. The summed E-state index contributed by atoms with van der Waals surface area (Å²) in [5.74, 6) is 0.857. The maximum absolute atomic E-state index is 6.00. The van der Waals surface area contributed by atoms with Crippen molar-refractivity contribution >= 4 is 23.4 Å². The summed E-state index contributed by atoms with van der Waals surface area (Å²) < 4.78 is 0. The molecular weight excluding hydrogens is 238 g/mol. The molecule has 2 aromatic rings. The number of benzene rings is 1. The van der Waals surface area contributed by atoms with Crippen LogP contribution >= 0.6 is 23.4 Å². The molecule has 82 valence electrons. The van der Waals surface area contributed by atoms with Crippen LogP contribution in [0.2, 0.25) is 5.15 Å². The van der Waals surface area contributed by atoms with Gasteiger partial charge in [-0.2, -0.15) is 0 Å². The van der Waals surface area contributed by atoms with E-state index >= 15 is 0 Å². The number of pyridine rings is 1. The van der Waals surface area contributed by atoms with E-state index in [9.17, 15) is 0 Å². The number of hydrogen-bond acceptors (Lipinski definition) is 2. The first-order chi connectivity index (χ1) is 7.75. The number of aryl methyl sites for hydroxylation is 1. The molecule has 0 unspecified atom stereocenters. The zero-order valence-corrected chi connectivity index (χ0v) is 10.6. The van der Waals surface area contributed by atoms with Crippen molar-refractivity contribution in [1.29, 1.82) is 0 Å². The van der Waals surface area contributed by atoms with Crippen LogP contribution in [0.1, 0.15) is 11.1 Å². The third kappa shape index (κ3) is 3.00. The molecule has 0 saturated heterocycles. The van der Waals surface area contributed by atoms with Crippen LogP contribution in [0.3, 0.4) is 0 Å². The van der Waals surface area contributed by atoms with E-state index in [-0.39, 0.29) is 0 Å². The van der Waals surface area contributed by atoms with Gasteiger partial charge in [-0.15, -0.1) is 11.8 Å². The maximum Gasteiger partial charge on any atom is 0.133 e. The maximum atomic E-state index is 6.00. The van der Waals surface area contributed by atoms with E-state index in [1.807, 2.05) is 12.1 Å². The number of rotatable bonds is 3. The number of thioether (sulfide) groups is 1. The molecule has 0 N–H and O–H groups in total. The van der Waals surface area contributed by atoms with Crippen LogP contribution in [0.5, 0.6) is 0 Å². The number of nitrogens with zero attached hydrogens (tertiary/aromatic N) is 1. The molecular formula is C13H12ClNS. The molecule has 0 atom stereocenters. The molecule has 0 saturated carbocycles. The Bertz CT molecular complexity index is 485. The van der Waals surface area contributed by atoms with Gasteiger partial charge in [-0.25, -0.2) is 4.98 Å². The molecule has 0 aliphatic carbocycles. The highest BCUT2D eigenvalue weighted by atomic mass is 35.5. The molecule has 1 aromatic carbocycles. The van der Waals surface area contributed by atoms with Crippen LogP contribution in [0.25, 0.3) is 0 Å². The van der Waals surface area contributed by atoms with Crippen LogP contribution in [-0.4, -0.2) is 4.98 Å². The van der Waals surface area contributed by atoms with Gasteiger partial charge in [-0.05, 0) is 30.7 Å². The lowest BCUT2D eigenvalue weighted by Crippen LogP contribution is -1.85. The van der Waals surface area contributed by atoms with Crippen LogP contribution < -0.4 is 0 Å². The Kier molecular flexibility index (Phi) is 3.86. The summed E-state index contributed by atoms with van der Waals surface area (Å²) in [5, 5.41) is 0.600. The van der Waals surface area contributed by atoms with Gasteiger partial charge in [0.2, 0.25) is 0 Å². The van der Waals surface area contributed by atoms with E-state index in [2.05, 4.69) is 36.2 Å². The molecule has 0 bridgehead atoms. The third-order valence-electron chi connectivity index (χ3n) is 2.22. The predicted molar refractivity (Wildman–Crippen MR) is 70.0 cm³/mol. The second kappa shape index (κ2) is 5.37. The highest BCUT2D eigenvalue weighted by Crippen LogP contribution is 2.25. The monoisotopic (exact) mass is 249 g/mol. The van der Waals surface area contributed by atoms with Crippen molar-refractivity contribution in [2.24, 2.45) is 0 Å². The molecule has 0 aliphatic heterocycles. The largest absolute Gasteiger partial charge is 0.244 e. The molecule has 16 heavy (non-hydrogen) atoms. The van der Waals surface area contributed by atoms with E-state index in [1.54, 1.807) is 18.0 Å². The molecule has 3 heteroatoms. The Balaban J connectivity index is 2.05. The van der Waals surface area contributed by atoms with E-state index in [4.69, 9.17) is 11.6 Å². The first-order valence-electron chi connectivity index (χ1n) is 5.04. The summed E-state index contributed by atoms with van der Waals surface area (Å²) in [4.78, 5) is 5.32. The highest BCUT2D eigenvalue weighted by molar-refractivity contribution is 7.98. The fourth-order valence-corrected chi connectivity index (χ4v) is 2.66. The van der Waals surface area contributed by atoms with Crippen LogP contribution in [0.4, 0.5) is 0 Å². The smallest absolute Gasteiger partial charge is 0.133 e.